The van der Waals surface area contributed by atoms with E-state index in [0.29, 0.717) is 5.82 Å². The van der Waals surface area contributed by atoms with Crippen LogP contribution in [0.1, 0.15) is 25.0 Å². The summed E-state index contributed by atoms with van der Waals surface area (Å²) in [7, 11) is 0. The summed E-state index contributed by atoms with van der Waals surface area (Å²) in [6.07, 6.45) is 0. The first-order chi connectivity index (χ1) is 28.0. The Hall–Kier alpha value is -7.16. The lowest BCUT2D eigenvalue weighted by molar-refractivity contribution is 0.660. The molecule has 0 unspecified atom stereocenters. The SMILES string of the molecule is CC1(C)c2ccccc2-c2ccc(-c3cccc(-c4ccc(-c5nc(-c6ccc(-c7ccccc7)cc6)cc(-c6cccc(-c7ccccc7)c6)n5)cc4)c3)cc21. The fourth-order valence-corrected chi connectivity index (χ4v) is 8.40. The molecule has 270 valence electrons. The van der Waals surface area contributed by atoms with Crippen LogP contribution in [0.2, 0.25) is 0 Å². The second-order valence-corrected chi connectivity index (χ2v) is 15.4. The van der Waals surface area contributed by atoms with Gasteiger partial charge in [0, 0.05) is 22.1 Å². The van der Waals surface area contributed by atoms with Gasteiger partial charge in [0.15, 0.2) is 5.82 Å². The highest BCUT2D eigenvalue weighted by Crippen LogP contribution is 2.49. The summed E-state index contributed by atoms with van der Waals surface area (Å²) in [4.78, 5) is 10.4. The summed E-state index contributed by atoms with van der Waals surface area (Å²) in [6, 6.07) is 73.7. The lowest BCUT2D eigenvalue weighted by atomic mass is 9.81. The van der Waals surface area contributed by atoms with Crippen LogP contribution in [0.15, 0.2) is 206 Å². The lowest BCUT2D eigenvalue weighted by Gasteiger charge is -2.22. The van der Waals surface area contributed by atoms with E-state index < -0.39 is 0 Å². The van der Waals surface area contributed by atoms with E-state index in [0.717, 1.165) is 39.2 Å². The van der Waals surface area contributed by atoms with Gasteiger partial charge >= 0.3 is 0 Å². The Labute approximate surface area is 334 Å². The molecule has 0 atom stereocenters. The van der Waals surface area contributed by atoms with Crippen molar-refractivity contribution >= 4 is 0 Å². The van der Waals surface area contributed by atoms with Crippen molar-refractivity contribution < 1.29 is 0 Å². The molecule has 0 spiro atoms. The fourth-order valence-electron chi connectivity index (χ4n) is 8.40. The molecule has 2 heteroatoms. The zero-order valence-electron chi connectivity index (χ0n) is 32.0. The van der Waals surface area contributed by atoms with Gasteiger partial charge in [-0.15, -0.1) is 0 Å². The summed E-state index contributed by atoms with van der Waals surface area (Å²) >= 11 is 0. The first kappa shape index (κ1) is 34.3. The second kappa shape index (κ2) is 14.2. The maximum atomic E-state index is 5.20. The molecule has 1 aromatic heterocycles. The van der Waals surface area contributed by atoms with E-state index in [1.165, 1.54) is 55.6 Å². The van der Waals surface area contributed by atoms with Crippen LogP contribution in [-0.2, 0) is 5.41 Å². The van der Waals surface area contributed by atoms with Crippen molar-refractivity contribution in [1.29, 1.82) is 0 Å². The summed E-state index contributed by atoms with van der Waals surface area (Å²) in [5, 5.41) is 0. The molecule has 2 nitrogen and oxygen atoms in total. The highest BCUT2D eigenvalue weighted by molar-refractivity contribution is 5.85. The van der Waals surface area contributed by atoms with Crippen LogP contribution >= 0.6 is 0 Å². The molecule has 0 bridgehead atoms. The Morgan fingerprint density at radius 2 is 0.684 bits per heavy atom. The maximum Gasteiger partial charge on any atom is 0.160 e. The first-order valence-corrected chi connectivity index (χ1v) is 19.6. The Morgan fingerprint density at radius 3 is 1.35 bits per heavy atom. The summed E-state index contributed by atoms with van der Waals surface area (Å²) in [5.74, 6) is 0.696. The minimum atomic E-state index is -0.0368. The smallest absolute Gasteiger partial charge is 0.160 e. The van der Waals surface area contributed by atoms with Gasteiger partial charge in [0.2, 0.25) is 0 Å². The third-order valence-electron chi connectivity index (χ3n) is 11.5. The number of aromatic nitrogens is 2. The highest BCUT2D eigenvalue weighted by Gasteiger charge is 2.35. The quantitative estimate of drug-likeness (QED) is 0.163. The highest BCUT2D eigenvalue weighted by atomic mass is 14.9. The molecule has 0 radical (unpaired) electrons. The van der Waals surface area contributed by atoms with Crippen LogP contribution < -0.4 is 0 Å². The van der Waals surface area contributed by atoms with Crippen LogP contribution in [0.25, 0.3) is 89.5 Å². The standard InChI is InChI=1S/C55H40N2/c1-55(2)50-22-10-9-21-48(50)49-32-31-46(35-51(49)55)45-19-11-17-43(33-45)40-25-29-42(30-26-40)54-56-52(41-27-23-39(24-28-41)37-13-5-3-6-14-37)36-53(57-54)47-20-12-18-44(34-47)38-15-7-4-8-16-38/h3-36H,1-2H3. The first-order valence-electron chi connectivity index (χ1n) is 19.6. The normalized spacial score (nSPS) is 12.5. The van der Waals surface area contributed by atoms with Gasteiger partial charge in [0.1, 0.15) is 0 Å². The number of benzene rings is 8. The zero-order valence-corrected chi connectivity index (χ0v) is 32.0. The minimum absolute atomic E-state index is 0.0368. The average Bonchev–Trinajstić information content (AvgIpc) is 3.52. The third kappa shape index (κ3) is 6.46. The van der Waals surface area contributed by atoms with E-state index in [4.69, 9.17) is 9.97 Å². The van der Waals surface area contributed by atoms with Gasteiger partial charge in [0.05, 0.1) is 11.4 Å². The molecule has 57 heavy (non-hydrogen) atoms. The lowest BCUT2D eigenvalue weighted by Crippen LogP contribution is -2.14. The van der Waals surface area contributed by atoms with E-state index >= 15 is 0 Å². The van der Waals surface area contributed by atoms with E-state index in [9.17, 15) is 0 Å². The summed E-state index contributed by atoms with van der Waals surface area (Å²) in [5.41, 5.74) is 19.7. The predicted molar refractivity (Wildman–Crippen MR) is 238 cm³/mol. The van der Waals surface area contributed by atoms with Crippen LogP contribution in [0.5, 0.6) is 0 Å². The number of nitrogens with zero attached hydrogens (tertiary/aromatic N) is 2. The third-order valence-corrected chi connectivity index (χ3v) is 11.5. The summed E-state index contributed by atoms with van der Waals surface area (Å²) < 4.78 is 0. The van der Waals surface area contributed by atoms with Crippen molar-refractivity contribution in [1.82, 2.24) is 9.97 Å². The minimum Gasteiger partial charge on any atom is -0.228 e. The zero-order chi connectivity index (χ0) is 38.3. The molecule has 0 N–H and O–H groups in total. The van der Waals surface area contributed by atoms with Gasteiger partial charge in [-0.1, -0.05) is 196 Å². The largest absolute Gasteiger partial charge is 0.228 e. The number of hydrogen-bond donors (Lipinski definition) is 0. The van der Waals surface area contributed by atoms with Crippen molar-refractivity contribution in [2.75, 3.05) is 0 Å². The number of fused-ring (bicyclic) bond motifs is 3. The molecule has 1 aliphatic carbocycles. The molecule has 0 saturated heterocycles. The van der Waals surface area contributed by atoms with Crippen LogP contribution in [0, 0.1) is 0 Å². The Balaban J connectivity index is 0.998. The molecule has 0 saturated carbocycles. The maximum absolute atomic E-state index is 5.20. The predicted octanol–water partition coefficient (Wildman–Crippen LogP) is 14.5. The van der Waals surface area contributed by atoms with E-state index in [2.05, 4.69) is 214 Å². The Kier molecular flexibility index (Phi) is 8.53. The van der Waals surface area contributed by atoms with Gasteiger partial charge < -0.3 is 0 Å². The van der Waals surface area contributed by atoms with Crippen molar-refractivity contribution in [3.63, 3.8) is 0 Å². The molecule has 1 heterocycles. The molecule has 1 aliphatic rings. The van der Waals surface area contributed by atoms with Crippen molar-refractivity contribution in [2.24, 2.45) is 0 Å². The van der Waals surface area contributed by atoms with E-state index in [1.54, 1.807) is 0 Å². The Morgan fingerprint density at radius 1 is 0.281 bits per heavy atom. The molecule has 9 aromatic rings. The Bertz CT molecular complexity index is 2890. The molecule has 0 amide bonds. The van der Waals surface area contributed by atoms with Crippen molar-refractivity contribution in [2.45, 2.75) is 19.3 Å². The molecular weight excluding hydrogens is 689 g/mol. The second-order valence-electron chi connectivity index (χ2n) is 15.4. The van der Waals surface area contributed by atoms with Gasteiger partial charge in [-0.2, -0.15) is 0 Å². The van der Waals surface area contributed by atoms with Gasteiger partial charge in [-0.3, -0.25) is 0 Å². The number of rotatable bonds is 7. The van der Waals surface area contributed by atoms with Gasteiger partial charge in [-0.05, 0) is 91.0 Å². The molecule has 0 fully saturated rings. The molecule has 0 aliphatic heterocycles. The fraction of sp³-hybridized carbons (Fsp3) is 0.0545. The van der Waals surface area contributed by atoms with Crippen LogP contribution in [-0.4, -0.2) is 9.97 Å². The molecule has 10 rings (SSSR count). The average molecular weight is 729 g/mol. The van der Waals surface area contributed by atoms with Crippen molar-refractivity contribution in [3.8, 4) is 89.5 Å². The topological polar surface area (TPSA) is 25.8 Å². The monoisotopic (exact) mass is 728 g/mol. The van der Waals surface area contributed by atoms with Crippen molar-refractivity contribution in [3.05, 3.63) is 217 Å². The molecular formula is C55H40N2. The van der Waals surface area contributed by atoms with Crippen LogP contribution in [0.3, 0.4) is 0 Å². The van der Waals surface area contributed by atoms with E-state index in [1.807, 2.05) is 6.07 Å². The number of hydrogen-bond acceptors (Lipinski definition) is 2. The molecule has 8 aromatic carbocycles. The van der Waals surface area contributed by atoms with Gasteiger partial charge in [0.25, 0.3) is 0 Å². The van der Waals surface area contributed by atoms with Crippen LogP contribution in [0.4, 0.5) is 0 Å². The van der Waals surface area contributed by atoms with E-state index in [-0.39, 0.29) is 5.41 Å². The summed E-state index contributed by atoms with van der Waals surface area (Å²) in [6.45, 7) is 4.68. The van der Waals surface area contributed by atoms with Gasteiger partial charge in [-0.25, -0.2) is 9.97 Å².